The molecule has 0 aliphatic carbocycles. The Hall–Kier alpha value is -1.45. The van der Waals surface area contributed by atoms with E-state index in [9.17, 15) is 0 Å². The van der Waals surface area contributed by atoms with Gasteiger partial charge in [-0.15, -0.1) is 0 Å². The molecule has 4 heteroatoms. The summed E-state index contributed by atoms with van der Waals surface area (Å²) in [6.07, 6.45) is 4.94. The van der Waals surface area contributed by atoms with Gasteiger partial charge in [0.25, 0.3) is 0 Å². The molecule has 4 nitrogen and oxygen atoms in total. The van der Waals surface area contributed by atoms with E-state index in [-0.39, 0.29) is 0 Å². The number of fused-ring (bicyclic) bond motifs is 1. The van der Waals surface area contributed by atoms with Crippen LogP contribution in [0.2, 0.25) is 0 Å². The Morgan fingerprint density at radius 1 is 1.25 bits per heavy atom. The Bertz CT molecular complexity index is 353. The van der Waals surface area contributed by atoms with Gasteiger partial charge < -0.3 is 4.57 Å². The van der Waals surface area contributed by atoms with Crippen LogP contribution in [-0.4, -0.2) is 19.5 Å². The summed E-state index contributed by atoms with van der Waals surface area (Å²) in [5.41, 5.74) is 1.71. The van der Waals surface area contributed by atoms with Gasteiger partial charge in [0, 0.05) is 7.05 Å². The van der Waals surface area contributed by atoms with Crippen molar-refractivity contribution in [1.82, 2.24) is 19.5 Å². The molecule has 0 saturated heterocycles. The van der Waals surface area contributed by atoms with Crippen LogP contribution >= 0.6 is 0 Å². The quantitative estimate of drug-likeness (QED) is 0.591. The lowest BCUT2D eigenvalue weighted by Crippen LogP contribution is -1.86. The highest BCUT2D eigenvalue weighted by atomic mass is 15.1. The highest BCUT2D eigenvalue weighted by molar-refractivity contribution is 5.68. The summed E-state index contributed by atoms with van der Waals surface area (Å²) in [6, 6.07) is 0. The molecule has 0 N–H and O–H groups in total. The Balaban J connectivity index is 0.000000336. The summed E-state index contributed by atoms with van der Waals surface area (Å²) in [6.45, 7) is 4.00. The molecule has 0 unspecified atom stereocenters. The van der Waals surface area contributed by atoms with E-state index in [2.05, 4.69) is 15.0 Å². The van der Waals surface area contributed by atoms with Gasteiger partial charge in [-0.3, -0.25) is 0 Å². The molecule has 0 radical (unpaired) electrons. The predicted molar refractivity (Wildman–Crippen MR) is 47.7 cm³/mol. The zero-order chi connectivity index (χ0) is 8.97. The van der Waals surface area contributed by atoms with Crippen molar-refractivity contribution in [3.05, 3.63) is 18.9 Å². The Labute approximate surface area is 71.3 Å². The SMILES string of the molecule is CC.Cn1cnc2cncnc21. The molecular formula is C8H12N4. The fourth-order valence-electron chi connectivity index (χ4n) is 0.882. The van der Waals surface area contributed by atoms with Gasteiger partial charge in [0.15, 0.2) is 5.65 Å². The zero-order valence-electron chi connectivity index (χ0n) is 7.52. The van der Waals surface area contributed by atoms with Crippen LogP contribution in [0.4, 0.5) is 0 Å². The molecule has 0 spiro atoms. The van der Waals surface area contributed by atoms with Gasteiger partial charge in [-0.2, -0.15) is 0 Å². The maximum Gasteiger partial charge on any atom is 0.162 e. The number of rotatable bonds is 0. The topological polar surface area (TPSA) is 43.6 Å². The molecule has 2 heterocycles. The smallest absolute Gasteiger partial charge is 0.162 e. The van der Waals surface area contributed by atoms with E-state index in [4.69, 9.17) is 0 Å². The molecule has 0 bridgehead atoms. The van der Waals surface area contributed by atoms with E-state index < -0.39 is 0 Å². The molecule has 12 heavy (non-hydrogen) atoms. The number of imidazole rings is 1. The van der Waals surface area contributed by atoms with Crippen LogP contribution in [0, 0.1) is 0 Å². The van der Waals surface area contributed by atoms with Crippen molar-refractivity contribution in [3.63, 3.8) is 0 Å². The molecule has 2 rings (SSSR count). The molecule has 0 amide bonds. The lowest BCUT2D eigenvalue weighted by molar-refractivity contribution is 0.928. The van der Waals surface area contributed by atoms with Crippen LogP contribution in [0.25, 0.3) is 11.2 Å². The molecule has 0 atom stereocenters. The van der Waals surface area contributed by atoms with Crippen LogP contribution in [-0.2, 0) is 7.05 Å². The summed E-state index contributed by atoms with van der Waals surface area (Å²) < 4.78 is 1.86. The van der Waals surface area contributed by atoms with Gasteiger partial charge in [-0.05, 0) is 0 Å². The summed E-state index contributed by atoms with van der Waals surface area (Å²) in [4.78, 5) is 11.9. The van der Waals surface area contributed by atoms with Crippen LogP contribution in [0.15, 0.2) is 18.9 Å². The van der Waals surface area contributed by atoms with Crippen molar-refractivity contribution in [3.8, 4) is 0 Å². The van der Waals surface area contributed by atoms with Crippen molar-refractivity contribution in [2.75, 3.05) is 0 Å². The number of hydrogen-bond acceptors (Lipinski definition) is 3. The first-order valence-corrected chi connectivity index (χ1v) is 3.95. The van der Waals surface area contributed by atoms with Crippen LogP contribution in [0.1, 0.15) is 13.8 Å². The Morgan fingerprint density at radius 2 is 2.00 bits per heavy atom. The summed E-state index contributed by atoms with van der Waals surface area (Å²) in [7, 11) is 1.91. The maximum atomic E-state index is 4.06. The average molecular weight is 164 g/mol. The minimum absolute atomic E-state index is 0.838. The van der Waals surface area contributed by atoms with E-state index in [0.717, 1.165) is 11.2 Å². The van der Waals surface area contributed by atoms with Crippen molar-refractivity contribution in [2.45, 2.75) is 13.8 Å². The lowest BCUT2D eigenvalue weighted by Gasteiger charge is -1.88. The van der Waals surface area contributed by atoms with Crippen LogP contribution in [0.5, 0.6) is 0 Å². The minimum Gasteiger partial charge on any atom is -0.318 e. The minimum atomic E-state index is 0.838. The van der Waals surface area contributed by atoms with Crippen molar-refractivity contribution in [2.24, 2.45) is 7.05 Å². The summed E-state index contributed by atoms with van der Waals surface area (Å²) in [5.74, 6) is 0. The van der Waals surface area contributed by atoms with Gasteiger partial charge in [0.05, 0.1) is 12.5 Å². The zero-order valence-corrected chi connectivity index (χ0v) is 7.52. The number of hydrogen-bond donors (Lipinski definition) is 0. The standard InChI is InChI=1S/C6H6N4.C2H6/c1-10-4-9-5-2-7-3-8-6(5)10;1-2/h2-4H,1H3;1-2H3. The Morgan fingerprint density at radius 3 is 2.67 bits per heavy atom. The number of nitrogens with zero attached hydrogens (tertiary/aromatic N) is 4. The van der Waals surface area contributed by atoms with E-state index in [1.165, 1.54) is 6.33 Å². The Kier molecular flexibility index (Phi) is 2.74. The monoisotopic (exact) mass is 164 g/mol. The third-order valence-electron chi connectivity index (χ3n) is 1.38. The molecular weight excluding hydrogens is 152 g/mol. The molecule has 0 saturated carbocycles. The second kappa shape index (κ2) is 3.80. The fourth-order valence-corrected chi connectivity index (χ4v) is 0.882. The van der Waals surface area contributed by atoms with Gasteiger partial charge in [-0.1, -0.05) is 13.8 Å². The second-order valence-corrected chi connectivity index (χ2v) is 2.09. The van der Waals surface area contributed by atoms with Gasteiger partial charge in [0.2, 0.25) is 0 Å². The maximum absolute atomic E-state index is 4.06. The van der Waals surface area contributed by atoms with E-state index in [0.29, 0.717) is 0 Å². The number of aromatic nitrogens is 4. The van der Waals surface area contributed by atoms with Crippen LogP contribution in [0.3, 0.4) is 0 Å². The lowest BCUT2D eigenvalue weighted by atomic mass is 10.6. The van der Waals surface area contributed by atoms with E-state index in [1.54, 1.807) is 12.5 Å². The molecule has 0 aliphatic heterocycles. The highest BCUT2D eigenvalue weighted by Gasteiger charge is 1.96. The second-order valence-electron chi connectivity index (χ2n) is 2.09. The molecule has 0 fully saturated rings. The average Bonchev–Trinajstić information content (AvgIpc) is 2.53. The molecule has 0 aromatic carbocycles. The summed E-state index contributed by atoms with van der Waals surface area (Å²) >= 11 is 0. The highest BCUT2D eigenvalue weighted by Crippen LogP contribution is 2.03. The third kappa shape index (κ3) is 1.42. The molecule has 64 valence electrons. The van der Waals surface area contributed by atoms with Crippen molar-refractivity contribution < 1.29 is 0 Å². The first-order valence-electron chi connectivity index (χ1n) is 3.95. The van der Waals surface area contributed by atoms with Gasteiger partial charge in [0.1, 0.15) is 11.8 Å². The van der Waals surface area contributed by atoms with Crippen molar-refractivity contribution >= 4 is 11.2 Å². The third-order valence-corrected chi connectivity index (χ3v) is 1.38. The van der Waals surface area contributed by atoms with Crippen LogP contribution < -0.4 is 0 Å². The molecule has 2 aromatic rings. The predicted octanol–water partition coefficient (Wildman–Crippen LogP) is 1.39. The normalized spacial score (nSPS) is 9.25. The van der Waals surface area contributed by atoms with Crippen molar-refractivity contribution in [1.29, 1.82) is 0 Å². The van der Waals surface area contributed by atoms with E-state index in [1.807, 2.05) is 25.5 Å². The first-order chi connectivity index (χ1) is 5.88. The molecule has 0 aliphatic rings. The fraction of sp³-hybridized carbons (Fsp3) is 0.375. The van der Waals surface area contributed by atoms with E-state index >= 15 is 0 Å². The first kappa shape index (κ1) is 8.64. The number of aryl methyl sites for hydroxylation is 1. The molecule has 2 aromatic heterocycles. The van der Waals surface area contributed by atoms with Gasteiger partial charge >= 0.3 is 0 Å². The summed E-state index contributed by atoms with van der Waals surface area (Å²) in [5, 5.41) is 0. The largest absolute Gasteiger partial charge is 0.318 e. The van der Waals surface area contributed by atoms with Gasteiger partial charge in [-0.25, -0.2) is 15.0 Å².